The van der Waals surface area contributed by atoms with Crippen molar-refractivity contribution in [1.29, 1.82) is 0 Å². The maximum atomic E-state index is 12.7. The Bertz CT molecular complexity index is 686. The topological polar surface area (TPSA) is 50.2 Å². The van der Waals surface area contributed by atoms with Gasteiger partial charge in [0.05, 0.1) is 22.6 Å². The Morgan fingerprint density at radius 3 is 2.38 bits per heavy atom. The van der Waals surface area contributed by atoms with Crippen LogP contribution < -0.4 is 5.32 Å². The van der Waals surface area contributed by atoms with Gasteiger partial charge in [-0.15, -0.1) is 0 Å². The molecule has 0 atom stereocenters. The lowest BCUT2D eigenvalue weighted by Gasteiger charge is -2.11. The van der Waals surface area contributed by atoms with Crippen LogP contribution in [-0.2, 0) is 12.8 Å². The zero-order chi connectivity index (χ0) is 17.7. The molecule has 2 aromatic rings. The zero-order valence-corrected chi connectivity index (χ0v) is 15.4. The van der Waals surface area contributed by atoms with E-state index in [1.165, 1.54) is 5.56 Å². The molecule has 130 valence electrons. The summed E-state index contributed by atoms with van der Waals surface area (Å²) < 4.78 is 1.92. The number of aryl methyl sites for hydroxylation is 2. The van der Waals surface area contributed by atoms with E-state index < -0.39 is 0 Å². The van der Waals surface area contributed by atoms with Gasteiger partial charge in [0, 0.05) is 13.1 Å². The van der Waals surface area contributed by atoms with Gasteiger partial charge in [0.1, 0.15) is 0 Å². The number of hydrogen-bond donors (Lipinski definition) is 1. The molecule has 0 saturated heterocycles. The van der Waals surface area contributed by atoms with Crippen LogP contribution >= 0.6 is 0 Å². The fourth-order valence-electron chi connectivity index (χ4n) is 2.72. The van der Waals surface area contributed by atoms with Gasteiger partial charge in [-0.05, 0) is 46.0 Å². The molecule has 1 amide bonds. The second kappa shape index (κ2) is 8.11. The van der Waals surface area contributed by atoms with Gasteiger partial charge in [0.25, 0.3) is 5.91 Å². The molecule has 0 saturated carbocycles. The maximum Gasteiger partial charge on any atom is 0.255 e. The third kappa shape index (κ3) is 4.03. The standard InChI is InChI=1S/C19H28N4O/c1-6-16-18(19(24)20-12-13-22(4)5)17(7-2)23(21-16)15-10-8-14(3)9-11-15/h8-11H,6-7,12-13H2,1-5H3,(H,20,24). The van der Waals surface area contributed by atoms with E-state index in [1.54, 1.807) is 0 Å². The van der Waals surface area contributed by atoms with Crippen molar-refractivity contribution in [2.75, 3.05) is 27.2 Å². The van der Waals surface area contributed by atoms with E-state index in [0.29, 0.717) is 6.54 Å². The number of nitrogens with one attached hydrogen (secondary N) is 1. The Labute approximate surface area is 144 Å². The van der Waals surface area contributed by atoms with Crippen LogP contribution in [0.15, 0.2) is 24.3 Å². The molecule has 0 spiro atoms. The number of aromatic nitrogens is 2. The van der Waals surface area contributed by atoms with Crippen LogP contribution in [0.25, 0.3) is 5.69 Å². The molecule has 0 bridgehead atoms. The molecule has 0 aliphatic carbocycles. The molecule has 0 aliphatic heterocycles. The highest BCUT2D eigenvalue weighted by Crippen LogP contribution is 2.21. The summed E-state index contributed by atoms with van der Waals surface area (Å²) in [6, 6.07) is 8.24. The molecule has 2 rings (SSSR count). The van der Waals surface area contributed by atoms with Crippen molar-refractivity contribution in [1.82, 2.24) is 20.0 Å². The second-order valence-corrected chi connectivity index (χ2v) is 6.28. The van der Waals surface area contributed by atoms with Gasteiger partial charge >= 0.3 is 0 Å². The molecule has 24 heavy (non-hydrogen) atoms. The third-order valence-electron chi connectivity index (χ3n) is 4.07. The summed E-state index contributed by atoms with van der Waals surface area (Å²) in [6.07, 6.45) is 1.50. The first-order chi connectivity index (χ1) is 11.5. The smallest absolute Gasteiger partial charge is 0.255 e. The number of benzene rings is 1. The van der Waals surface area contributed by atoms with Crippen LogP contribution in [-0.4, -0.2) is 47.8 Å². The maximum absolute atomic E-state index is 12.7. The molecule has 0 radical (unpaired) electrons. The SMILES string of the molecule is CCc1nn(-c2ccc(C)cc2)c(CC)c1C(=O)NCCN(C)C. The van der Waals surface area contributed by atoms with Crippen molar-refractivity contribution >= 4 is 5.91 Å². The molecule has 0 aliphatic rings. The lowest BCUT2D eigenvalue weighted by atomic mass is 10.1. The van der Waals surface area contributed by atoms with E-state index >= 15 is 0 Å². The number of hydrogen-bond acceptors (Lipinski definition) is 3. The molecule has 5 nitrogen and oxygen atoms in total. The molecule has 1 N–H and O–H groups in total. The van der Waals surface area contributed by atoms with Gasteiger partial charge in [-0.25, -0.2) is 4.68 Å². The van der Waals surface area contributed by atoms with Crippen molar-refractivity contribution in [3.05, 3.63) is 46.8 Å². The fourth-order valence-corrected chi connectivity index (χ4v) is 2.72. The number of nitrogens with zero attached hydrogens (tertiary/aromatic N) is 3. The predicted octanol–water partition coefficient (Wildman–Crippen LogP) is 2.60. The Hall–Kier alpha value is -2.14. The minimum atomic E-state index is -0.0242. The predicted molar refractivity (Wildman–Crippen MR) is 97.9 cm³/mol. The van der Waals surface area contributed by atoms with Gasteiger partial charge in [-0.3, -0.25) is 4.79 Å². The average molecular weight is 328 g/mol. The average Bonchev–Trinajstić information content (AvgIpc) is 2.93. The van der Waals surface area contributed by atoms with Crippen LogP contribution in [0.4, 0.5) is 0 Å². The quantitative estimate of drug-likeness (QED) is 0.850. The Kier molecular flexibility index (Phi) is 6.15. The summed E-state index contributed by atoms with van der Waals surface area (Å²) in [4.78, 5) is 14.8. The summed E-state index contributed by atoms with van der Waals surface area (Å²) in [7, 11) is 3.99. The van der Waals surface area contributed by atoms with Gasteiger partial charge in [-0.2, -0.15) is 5.10 Å². The number of likely N-dealkylation sites (N-methyl/N-ethyl adjacent to an activating group) is 1. The minimum absolute atomic E-state index is 0.0242. The molecule has 0 unspecified atom stereocenters. The first kappa shape index (κ1) is 18.2. The number of amides is 1. The van der Waals surface area contributed by atoms with Crippen LogP contribution in [0.2, 0.25) is 0 Å². The van der Waals surface area contributed by atoms with Crippen LogP contribution in [0.3, 0.4) is 0 Å². The van der Waals surface area contributed by atoms with E-state index in [0.717, 1.165) is 42.0 Å². The summed E-state index contributed by atoms with van der Waals surface area (Å²) in [6.45, 7) is 7.62. The van der Waals surface area contributed by atoms with Crippen LogP contribution in [0.5, 0.6) is 0 Å². The van der Waals surface area contributed by atoms with Crippen LogP contribution in [0.1, 0.15) is 41.2 Å². The molecule has 1 aromatic heterocycles. The lowest BCUT2D eigenvalue weighted by molar-refractivity contribution is 0.0949. The number of carbonyl (C=O) groups excluding carboxylic acids is 1. The van der Waals surface area contributed by atoms with Gasteiger partial charge in [0.15, 0.2) is 0 Å². The first-order valence-corrected chi connectivity index (χ1v) is 8.58. The van der Waals surface area contributed by atoms with Crippen molar-refractivity contribution in [2.45, 2.75) is 33.6 Å². The largest absolute Gasteiger partial charge is 0.351 e. The molecular formula is C19H28N4O. The normalized spacial score (nSPS) is 11.1. The highest BCUT2D eigenvalue weighted by Gasteiger charge is 2.22. The number of carbonyl (C=O) groups is 1. The lowest BCUT2D eigenvalue weighted by Crippen LogP contribution is -2.32. The van der Waals surface area contributed by atoms with Crippen molar-refractivity contribution < 1.29 is 4.79 Å². The Morgan fingerprint density at radius 2 is 1.83 bits per heavy atom. The van der Waals surface area contributed by atoms with Crippen LogP contribution in [0, 0.1) is 6.92 Å². The van der Waals surface area contributed by atoms with Gasteiger partial charge in [-0.1, -0.05) is 31.5 Å². The molecule has 1 aromatic carbocycles. The second-order valence-electron chi connectivity index (χ2n) is 6.28. The highest BCUT2D eigenvalue weighted by atomic mass is 16.1. The first-order valence-electron chi connectivity index (χ1n) is 8.58. The third-order valence-corrected chi connectivity index (χ3v) is 4.07. The fraction of sp³-hybridized carbons (Fsp3) is 0.474. The summed E-state index contributed by atoms with van der Waals surface area (Å²) in [5.74, 6) is -0.0242. The van der Waals surface area contributed by atoms with Crippen molar-refractivity contribution in [3.8, 4) is 5.69 Å². The molecule has 0 fully saturated rings. The highest BCUT2D eigenvalue weighted by molar-refractivity contribution is 5.96. The van der Waals surface area contributed by atoms with Gasteiger partial charge < -0.3 is 10.2 Å². The van der Waals surface area contributed by atoms with E-state index in [9.17, 15) is 4.79 Å². The Morgan fingerprint density at radius 1 is 1.17 bits per heavy atom. The van der Waals surface area contributed by atoms with E-state index in [1.807, 2.05) is 25.7 Å². The molecule has 1 heterocycles. The molecular weight excluding hydrogens is 300 g/mol. The van der Waals surface area contributed by atoms with E-state index in [2.05, 4.69) is 48.3 Å². The number of rotatable bonds is 7. The molecule has 5 heteroatoms. The monoisotopic (exact) mass is 328 g/mol. The summed E-state index contributed by atoms with van der Waals surface area (Å²) in [5, 5.41) is 7.73. The van der Waals surface area contributed by atoms with Crippen molar-refractivity contribution in [3.63, 3.8) is 0 Å². The Balaban J connectivity index is 2.36. The van der Waals surface area contributed by atoms with Crippen molar-refractivity contribution in [2.24, 2.45) is 0 Å². The summed E-state index contributed by atoms with van der Waals surface area (Å²) in [5.41, 5.74) is 4.77. The zero-order valence-electron chi connectivity index (χ0n) is 15.4. The van der Waals surface area contributed by atoms with E-state index in [4.69, 9.17) is 5.10 Å². The minimum Gasteiger partial charge on any atom is -0.351 e. The van der Waals surface area contributed by atoms with Gasteiger partial charge in [0.2, 0.25) is 0 Å². The summed E-state index contributed by atoms with van der Waals surface area (Å²) >= 11 is 0. The van der Waals surface area contributed by atoms with E-state index in [-0.39, 0.29) is 5.91 Å².